The summed E-state index contributed by atoms with van der Waals surface area (Å²) in [6.45, 7) is -2.59. The van der Waals surface area contributed by atoms with Gasteiger partial charge in [0.05, 0.1) is 63.6 Å². The summed E-state index contributed by atoms with van der Waals surface area (Å²) in [4.78, 5) is 13.6. The highest BCUT2D eigenvalue weighted by molar-refractivity contribution is 7.98. The van der Waals surface area contributed by atoms with Gasteiger partial charge in [-0.15, -0.1) is 0 Å². The quantitative estimate of drug-likeness (QED) is 0.260. The molecular weight excluding hydrogens is 494 g/mol. The van der Waals surface area contributed by atoms with Crippen molar-refractivity contribution in [1.82, 2.24) is 19.5 Å². The van der Waals surface area contributed by atoms with Gasteiger partial charge in [-0.3, -0.25) is 9.97 Å². The molecule has 3 heterocycles. The smallest absolute Gasteiger partial charge is 0.387 e. The number of methoxy groups -OCH3 is 4. The van der Waals surface area contributed by atoms with Crippen molar-refractivity contribution in [3.8, 4) is 28.7 Å². The molecule has 36 heavy (non-hydrogen) atoms. The number of ether oxygens (including phenoxy) is 5. The van der Waals surface area contributed by atoms with Crippen molar-refractivity contribution < 1.29 is 32.5 Å². The van der Waals surface area contributed by atoms with E-state index < -0.39 is 6.61 Å². The molecular formula is C24H24F2N4O5S. The molecule has 0 N–H and O–H groups in total. The second-order valence-electron chi connectivity index (χ2n) is 7.32. The van der Waals surface area contributed by atoms with E-state index in [4.69, 9.17) is 18.9 Å². The number of thioether (sulfide) groups is 1. The summed E-state index contributed by atoms with van der Waals surface area (Å²) in [5, 5.41) is 0.627. The maximum absolute atomic E-state index is 12.8. The van der Waals surface area contributed by atoms with Crippen molar-refractivity contribution in [3.05, 3.63) is 54.1 Å². The molecule has 4 aromatic rings. The van der Waals surface area contributed by atoms with E-state index in [1.54, 1.807) is 51.9 Å². The van der Waals surface area contributed by atoms with E-state index in [-0.39, 0.29) is 5.75 Å². The van der Waals surface area contributed by atoms with Crippen LogP contribution in [0.2, 0.25) is 0 Å². The number of alkyl halides is 2. The van der Waals surface area contributed by atoms with E-state index in [0.717, 1.165) is 5.52 Å². The Bertz CT molecular complexity index is 1350. The zero-order valence-corrected chi connectivity index (χ0v) is 20.8. The summed E-state index contributed by atoms with van der Waals surface area (Å²) in [6.07, 6.45) is 3.22. The van der Waals surface area contributed by atoms with E-state index >= 15 is 0 Å². The van der Waals surface area contributed by atoms with Gasteiger partial charge in [-0.25, -0.2) is 4.98 Å². The number of halogens is 2. The fourth-order valence-corrected chi connectivity index (χ4v) is 4.59. The van der Waals surface area contributed by atoms with Crippen molar-refractivity contribution in [2.75, 3.05) is 28.4 Å². The minimum atomic E-state index is -2.93. The van der Waals surface area contributed by atoms with E-state index in [1.165, 1.54) is 31.0 Å². The molecule has 0 fully saturated rings. The number of aromatic nitrogens is 4. The third kappa shape index (κ3) is 5.38. The lowest BCUT2D eigenvalue weighted by molar-refractivity contribution is -0.0497. The van der Waals surface area contributed by atoms with Crippen molar-refractivity contribution in [3.63, 3.8) is 0 Å². The van der Waals surface area contributed by atoms with Gasteiger partial charge in [-0.2, -0.15) is 8.78 Å². The first-order valence-corrected chi connectivity index (χ1v) is 11.7. The largest absolute Gasteiger partial charge is 0.493 e. The summed E-state index contributed by atoms with van der Waals surface area (Å²) in [7, 11) is 6.20. The maximum Gasteiger partial charge on any atom is 0.387 e. The highest BCUT2D eigenvalue weighted by Gasteiger charge is 2.18. The van der Waals surface area contributed by atoms with E-state index in [9.17, 15) is 8.78 Å². The Balaban J connectivity index is 1.72. The lowest BCUT2D eigenvalue weighted by Crippen LogP contribution is -2.05. The number of fused-ring (bicyclic) bond motifs is 1. The molecule has 0 bridgehead atoms. The Morgan fingerprint density at radius 2 is 1.69 bits per heavy atom. The molecule has 0 atom stereocenters. The summed E-state index contributed by atoms with van der Waals surface area (Å²) in [5.74, 6) is 2.60. The minimum Gasteiger partial charge on any atom is -0.493 e. The van der Waals surface area contributed by atoms with Gasteiger partial charge in [0.25, 0.3) is 0 Å². The molecule has 1 aromatic carbocycles. The van der Waals surface area contributed by atoms with Gasteiger partial charge in [-0.1, -0.05) is 11.8 Å². The summed E-state index contributed by atoms with van der Waals surface area (Å²) < 4.78 is 53.5. The lowest BCUT2D eigenvalue weighted by Gasteiger charge is -2.13. The fraction of sp³-hybridized carbons (Fsp3) is 0.292. The highest BCUT2D eigenvalue weighted by atomic mass is 32.2. The predicted octanol–water partition coefficient (Wildman–Crippen LogP) is 4.80. The van der Waals surface area contributed by atoms with Gasteiger partial charge >= 0.3 is 6.61 Å². The van der Waals surface area contributed by atoms with Crippen LogP contribution in [0.3, 0.4) is 0 Å². The number of hydrogen-bond acceptors (Lipinski definition) is 9. The SMILES string of the molecule is COc1cnc(Cn2c(SCc3nccc(OC)c3OC)nc3cc(OC(F)F)ccc32)cc1OC. The van der Waals surface area contributed by atoms with Crippen molar-refractivity contribution in [2.45, 2.75) is 24.1 Å². The van der Waals surface area contributed by atoms with Gasteiger partial charge in [0.1, 0.15) is 5.75 Å². The average molecular weight is 519 g/mol. The molecule has 4 rings (SSSR count). The Morgan fingerprint density at radius 3 is 2.39 bits per heavy atom. The number of hydrogen-bond donors (Lipinski definition) is 0. The molecule has 0 saturated heterocycles. The topological polar surface area (TPSA) is 89.8 Å². The first kappa shape index (κ1) is 25.3. The summed E-state index contributed by atoms with van der Waals surface area (Å²) >= 11 is 1.41. The van der Waals surface area contributed by atoms with Crippen molar-refractivity contribution in [2.24, 2.45) is 0 Å². The van der Waals surface area contributed by atoms with Crippen LogP contribution in [0.25, 0.3) is 11.0 Å². The zero-order valence-electron chi connectivity index (χ0n) is 20.0. The first-order valence-electron chi connectivity index (χ1n) is 10.7. The minimum absolute atomic E-state index is 0.0269. The molecule has 0 unspecified atom stereocenters. The van der Waals surface area contributed by atoms with Gasteiger partial charge in [0, 0.05) is 30.1 Å². The van der Waals surface area contributed by atoms with Gasteiger partial charge in [-0.05, 0) is 12.1 Å². The van der Waals surface area contributed by atoms with Crippen LogP contribution in [0.15, 0.2) is 47.9 Å². The molecule has 12 heteroatoms. The molecule has 9 nitrogen and oxygen atoms in total. The Kier molecular flexibility index (Phi) is 7.93. The van der Waals surface area contributed by atoms with Crippen LogP contribution in [0.1, 0.15) is 11.4 Å². The summed E-state index contributed by atoms with van der Waals surface area (Å²) in [5.41, 5.74) is 2.59. The van der Waals surface area contributed by atoms with Crippen LogP contribution in [0.4, 0.5) is 8.78 Å². The molecule has 0 aliphatic rings. The highest BCUT2D eigenvalue weighted by Crippen LogP contribution is 2.35. The molecule has 190 valence electrons. The lowest BCUT2D eigenvalue weighted by atomic mass is 10.2. The monoisotopic (exact) mass is 518 g/mol. The Morgan fingerprint density at radius 1 is 0.917 bits per heavy atom. The predicted molar refractivity (Wildman–Crippen MR) is 130 cm³/mol. The van der Waals surface area contributed by atoms with Crippen LogP contribution >= 0.6 is 11.8 Å². The molecule has 0 radical (unpaired) electrons. The molecule has 0 amide bonds. The van der Waals surface area contributed by atoms with E-state index in [1.807, 2.05) is 4.57 Å². The van der Waals surface area contributed by atoms with Gasteiger partial charge < -0.3 is 28.3 Å². The van der Waals surface area contributed by atoms with Gasteiger partial charge in [0.15, 0.2) is 28.2 Å². The number of nitrogens with zero attached hydrogens (tertiary/aromatic N) is 4. The number of benzene rings is 1. The van der Waals surface area contributed by atoms with Crippen LogP contribution in [0, 0.1) is 0 Å². The second-order valence-corrected chi connectivity index (χ2v) is 8.26. The third-order valence-electron chi connectivity index (χ3n) is 5.26. The van der Waals surface area contributed by atoms with Crippen molar-refractivity contribution >= 4 is 22.8 Å². The Labute approximate surface area is 210 Å². The van der Waals surface area contributed by atoms with Crippen molar-refractivity contribution in [1.29, 1.82) is 0 Å². The van der Waals surface area contributed by atoms with E-state index in [0.29, 0.717) is 57.4 Å². The average Bonchev–Trinajstić information content (AvgIpc) is 3.22. The fourth-order valence-electron chi connectivity index (χ4n) is 3.64. The van der Waals surface area contributed by atoms with Crippen LogP contribution in [0.5, 0.6) is 28.7 Å². The number of imidazole rings is 1. The maximum atomic E-state index is 12.8. The number of rotatable bonds is 11. The third-order valence-corrected chi connectivity index (χ3v) is 6.25. The molecule has 3 aromatic heterocycles. The Hall–Kier alpha value is -3.80. The van der Waals surface area contributed by atoms with Crippen LogP contribution in [-0.4, -0.2) is 54.6 Å². The van der Waals surface area contributed by atoms with Crippen LogP contribution in [-0.2, 0) is 12.3 Å². The van der Waals surface area contributed by atoms with Gasteiger partial charge in [0.2, 0.25) is 0 Å². The van der Waals surface area contributed by atoms with E-state index in [2.05, 4.69) is 19.7 Å². The number of pyridine rings is 2. The summed E-state index contributed by atoms with van der Waals surface area (Å²) in [6, 6.07) is 8.15. The van der Waals surface area contributed by atoms with Crippen LogP contribution < -0.4 is 23.7 Å². The molecule has 0 saturated carbocycles. The molecule has 0 spiro atoms. The first-order chi connectivity index (χ1) is 17.5. The molecule has 0 aliphatic heterocycles. The molecule has 0 aliphatic carbocycles. The second kappa shape index (κ2) is 11.3. The normalized spacial score (nSPS) is 11.1. The standard InChI is InChI=1S/C24H24F2N4O5S/c1-31-19-7-8-27-17(22(19)34-4)13-36-24-29-16-10-15(35-23(25)26)5-6-18(16)30(24)12-14-9-20(32-2)21(33-3)11-28-14/h5-11,23H,12-13H2,1-4H3. The zero-order chi connectivity index (χ0) is 25.7.